The normalized spacial score (nSPS) is 11.1. The van der Waals surface area contributed by atoms with Gasteiger partial charge in [0.15, 0.2) is 0 Å². The van der Waals surface area contributed by atoms with Gasteiger partial charge in [-0.3, -0.25) is 10.1 Å². The number of allylic oxidation sites excluding steroid dienone is 1. The number of rotatable bonds is 6. The summed E-state index contributed by atoms with van der Waals surface area (Å²) in [6, 6.07) is 19.0. The van der Waals surface area contributed by atoms with Gasteiger partial charge in [-0.05, 0) is 48.4 Å². The molecule has 0 radical (unpaired) electrons. The molecule has 7 heteroatoms. The van der Waals surface area contributed by atoms with Crippen LogP contribution in [0.4, 0.5) is 5.69 Å². The Bertz CT molecular complexity index is 1150. The van der Waals surface area contributed by atoms with Gasteiger partial charge in [0, 0.05) is 22.7 Å². The molecule has 0 saturated heterocycles. The molecule has 0 aliphatic carbocycles. The molecule has 30 heavy (non-hydrogen) atoms. The summed E-state index contributed by atoms with van der Waals surface area (Å²) in [7, 11) is 0. The number of hydrogen-bond donors (Lipinski definition) is 0. The highest BCUT2D eigenvalue weighted by Gasteiger charge is 2.13. The number of nitriles is 1. The summed E-state index contributed by atoms with van der Waals surface area (Å²) in [6.07, 6.45) is 1.60. The Balaban J connectivity index is 1.95. The third-order valence-electron chi connectivity index (χ3n) is 4.35. The van der Waals surface area contributed by atoms with E-state index in [1.54, 1.807) is 18.2 Å². The van der Waals surface area contributed by atoms with Gasteiger partial charge in [0.2, 0.25) is 0 Å². The molecule has 0 saturated carbocycles. The number of halogens is 2. The van der Waals surface area contributed by atoms with Gasteiger partial charge in [-0.15, -0.1) is 0 Å². The van der Waals surface area contributed by atoms with Crippen LogP contribution in [0.25, 0.3) is 11.6 Å². The van der Waals surface area contributed by atoms with Gasteiger partial charge in [0.25, 0.3) is 5.69 Å². The monoisotopic (exact) mass is 438 g/mol. The first kappa shape index (κ1) is 21.4. The van der Waals surface area contributed by atoms with Gasteiger partial charge >= 0.3 is 0 Å². The first-order valence-electron chi connectivity index (χ1n) is 8.91. The summed E-state index contributed by atoms with van der Waals surface area (Å²) >= 11 is 12.5. The molecule has 0 aliphatic rings. The van der Waals surface area contributed by atoms with Crippen molar-refractivity contribution in [3.05, 3.63) is 103 Å². The summed E-state index contributed by atoms with van der Waals surface area (Å²) in [5.74, 6) is 0.399. The van der Waals surface area contributed by atoms with Crippen molar-refractivity contribution >= 4 is 40.5 Å². The highest BCUT2D eigenvalue weighted by molar-refractivity contribution is 6.36. The summed E-state index contributed by atoms with van der Waals surface area (Å²) in [4.78, 5) is 10.4. The van der Waals surface area contributed by atoms with Crippen molar-refractivity contribution < 1.29 is 9.66 Å². The minimum absolute atomic E-state index is 0.0519. The Morgan fingerprint density at radius 1 is 1.13 bits per heavy atom. The second kappa shape index (κ2) is 9.45. The maximum atomic E-state index is 10.8. The molecule has 0 aromatic heterocycles. The van der Waals surface area contributed by atoms with Crippen LogP contribution in [0.15, 0.2) is 60.7 Å². The number of aryl methyl sites for hydroxylation is 1. The van der Waals surface area contributed by atoms with E-state index in [1.807, 2.05) is 31.2 Å². The van der Waals surface area contributed by atoms with E-state index in [4.69, 9.17) is 27.9 Å². The number of nitro benzene ring substituents is 1. The highest BCUT2D eigenvalue weighted by atomic mass is 35.5. The molecule has 0 unspecified atom stereocenters. The molecule has 5 nitrogen and oxygen atoms in total. The second-order valence-corrected chi connectivity index (χ2v) is 7.40. The van der Waals surface area contributed by atoms with Crippen LogP contribution >= 0.6 is 23.2 Å². The van der Waals surface area contributed by atoms with E-state index in [0.717, 1.165) is 11.1 Å². The molecule has 0 N–H and O–H groups in total. The van der Waals surface area contributed by atoms with E-state index >= 15 is 0 Å². The lowest BCUT2D eigenvalue weighted by Gasteiger charge is -2.13. The summed E-state index contributed by atoms with van der Waals surface area (Å²) < 4.78 is 5.95. The maximum absolute atomic E-state index is 10.8. The van der Waals surface area contributed by atoms with Crippen molar-refractivity contribution in [3.63, 3.8) is 0 Å². The fourth-order valence-electron chi connectivity index (χ4n) is 2.78. The summed E-state index contributed by atoms with van der Waals surface area (Å²) in [5.41, 5.74) is 3.43. The van der Waals surface area contributed by atoms with Crippen LogP contribution in [0.1, 0.15) is 22.3 Å². The Morgan fingerprint density at radius 3 is 2.40 bits per heavy atom. The maximum Gasteiger partial charge on any atom is 0.269 e. The van der Waals surface area contributed by atoms with Gasteiger partial charge in [-0.1, -0.05) is 53.0 Å². The predicted octanol–water partition coefficient (Wildman–Crippen LogP) is 6.85. The number of non-ortho nitro benzene ring substituents is 1. The van der Waals surface area contributed by atoms with E-state index in [0.29, 0.717) is 39.1 Å². The van der Waals surface area contributed by atoms with Gasteiger partial charge in [-0.2, -0.15) is 5.26 Å². The van der Waals surface area contributed by atoms with Crippen molar-refractivity contribution in [1.29, 1.82) is 5.26 Å². The Labute approximate surface area is 183 Å². The molecular weight excluding hydrogens is 423 g/mol. The lowest BCUT2D eigenvalue weighted by Crippen LogP contribution is -1.98. The molecule has 3 aromatic carbocycles. The van der Waals surface area contributed by atoms with Crippen molar-refractivity contribution in [3.8, 4) is 11.8 Å². The van der Waals surface area contributed by atoms with Gasteiger partial charge in [-0.25, -0.2) is 0 Å². The zero-order valence-electron chi connectivity index (χ0n) is 15.9. The van der Waals surface area contributed by atoms with Crippen LogP contribution in [0, 0.1) is 28.4 Å². The molecular formula is C23H16Cl2N2O3. The zero-order valence-corrected chi connectivity index (χ0v) is 17.4. The van der Waals surface area contributed by atoms with Crippen molar-refractivity contribution in [2.45, 2.75) is 13.5 Å². The van der Waals surface area contributed by atoms with E-state index in [-0.39, 0.29) is 5.69 Å². The average Bonchev–Trinajstić information content (AvgIpc) is 2.72. The number of hydrogen-bond acceptors (Lipinski definition) is 4. The summed E-state index contributed by atoms with van der Waals surface area (Å²) in [5, 5.41) is 21.2. The highest BCUT2D eigenvalue weighted by Crippen LogP contribution is 2.35. The van der Waals surface area contributed by atoms with Gasteiger partial charge in [0.1, 0.15) is 12.4 Å². The molecule has 0 aliphatic heterocycles. The van der Waals surface area contributed by atoms with Crippen LogP contribution in [0.2, 0.25) is 10.0 Å². The van der Waals surface area contributed by atoms with Crippen LogP contribution in [0.3, 0.4) is 0 Å². The van der Waals surface area contributed by atoms with Gasteiger partial charge in [0.05, 0.1) is 21.6 Å². The average molecular weight is 439 g/mol. The van der Waals surface area contributed by atoms with E-state index in [9.17, 15) is 15.4 Å². The second-order valence-electron chi connectivity index (χ2n) is 6.55. The molecule has 0 atom stereocenters. The number of nitro groups is 1. The molecule has 3 rings (SSSR count). The van der Waals surface area contributed by atoms with Crippen LogP contribution < -0.4 is 4.74 Å². The lowest BCUT2D eigenvalue weighted by molar-refractivity contribution is -0.384. The quantitative estimate of drug-likeness (QED) is 0.182. The molecule has 0 bridgehead atoms. The molecule has 3 aromatic rings. The predicted molar refractivity (Wildman–Crippen MR) is 119 cm³/mol. The molecule has 0 spiro atoms. The standard InChI is InChI=1S/C23H16Cl2N2O3/c1-15-2-4-16(5-3-15)14-30-23-18(11-20(24)12-22(23)25)10-19(13-26)17-6-8-21(9-7-17)27(28)29/h2-12H,14H2,1H3/b19-10+. The van der Waals surface area contributed by atoms with Crippen LogP contribution in [-0.4, -0.2) is 4.92 Å². The smallest absolute Gasteiger partial charge is 0.269 e. The van der Waals surface area contributed by atoms with Crippen molar-refractivity contribution in [2.24, 2.45) is 0 Å². The topological polar surface area (TPSA) is 76.2 Å². The van der Waals surface area contributed by atoms with Crippen LogP contribution in [-0.2, 0) is 6.61 Å². The first-order valence-corrected chi connectivity index (χ1v) is 9.67. The first-order chi connectivity index (χ1) is 14.4. The van der Waals surface area contributed by atoms with Crippen LogP contribution in [0.5, 0.6) is 5.75 Å². The van der Waals surface area contributed by atoms with Crippen molar-refractivity contribution in [1.82, 2.24) is 0 Å². The third-order valence-corrected chi connectivity index (χ3v) is 4.85. The van der Waals surface area contributed by atoms with E-state index in [1.165, 1.54) is 24.3 Å². The number of ether oxygens (including phenoxy) is 1. The minimum Gasteiger partial charge on any atom is -0.487 e. The lowest BCUT2D eigenvalue weighted by atomic mass is 10.0. The number of benzene rings is 3. The molecule has 0 heterocycles. The molecule has 0 amide bonds. The fourth-order valence-corrected chi connectivity index (χ4v) is 3.34. The Morgan fingerprint density at radius 2 is 1.80 bits per heavy atom. The van der Waals surface area contributed by atoms with E-state index in [2.05, 4.69) is 6.07 Å². The number of nitrogens with zero attached hydrogens (tertiary/aromatic N) is 2. The summed E-state index contributed by atoms with van der Waals surface area (Å²) in [6.45, 7) is 2.30. The third kappa shape index (κ3) is 5.18. The Kier molecular flexibility index (Phi) is 6.73. The fraction of sp³-hybridized carbons (Fsp3) is 0.0870. The largest absolute Gasteiger partial charge is 0.487 e. The SMILES string of the molecule is Cc1ccc(COc2c(Cl)cc(Cl)cc2/C=C(\C#N)c2ccc([N+](=O)[O-])cc2)cc1. The molecule has 0 fully saturated rings. The molecule has 150 valence electrons. The Hall–Kier alpha value is -3.33. The van der Waals surface area contributed by atoms with E-state index < -0.39 is 4.92 Å². The van der Waals surface area contributed by atoms with Crippen molar-refractivity contribution in [2.75, 3.05) is 0 Å². The minimum atomic E-state index is -0.493. The zero-order chi connectivity index (χ0) is 21.7. The van der Waals surface area contributed by atoms with Gasteiger partial charge < -0.3 is 4.74 Å².